The summed E-state index contributed by atoms with van der Waals surface area (Å²) in [5.41, 5.74) is 0.693. The van der Waals surface area contributed by atoms with Crippen molar-refractivity contribution in [2.45, 2.75) is 11.7 Å². The van der Waals surface area contributed by atoms with Crippen LogP contribution in [0.2, 0.25) is 0 Å². The van der Waals surface area contributed by atoms with Crippen LogP contribution in [0, 0.1) is 0 Å². The molecule has 15 heavy (non-hydrogen) atoms. The lowest BCUT2D eigenvalue weighted by Gasteiger charge is -2.18. The first-order chi connectivity index (χ1) is 7.25. The van der Waals surface area contributed by atoms with Crippen LogP contribution in [0.4, 0.5) is 0 Å². The topological polar surface area (TPSA) is 50.2 Å². The van der Waals surface area contributed by atoms with Crippen LogP contribution in [-0.2, 0) is 11.2 Å². The van der Waals surface area contributed by atoms with Gasteiger partial charge in [0.1, 0.15) is 5.01 Å². The van der Waals surface area contributed by atoms with Gasteiger partial charge in [-0.3, -0.25) is 4.79 Å². The number of hydrogen-bond acceptors (Lipinski definition) is 5. The third-order valence-corrected chi connectivity index (χ3v) is 5.91. The Morgan fingerprint density at radius 3 is 3.13 bits per heavy atom. The Labute approximate surface area is 101 Å². The minimum Gasteiger partial charge on any atom is -0.481 e. The molecule has 6 heteroatoms. The fourth-order valence-corrected chi connectivity index (χ4v) is 5.16. The van der Waals surface area contributed by atoms with Crippen molar-refractivity contribution in [1.29, 1.82) is 0 Å². The number of carboxylic acids is 1. The predicted molar refractivity (Wildman–Crippen MR) is 66.0 cm³/mol. The lowest BCUT2D eigenvalue weighted by molar-refractivity contribution is -0.136. The van der Waals surface area contributed by atoms with Gasteiger partial charge in [0.25, 0.3) is 0 Å². The van der Waals surface area contributed by atoms with Crippen molar-refractivity contribution in [3.05, 3.63) is 16.1 Å². The van der Waals surface area contributed by atoms with E-state index >= 15 is 0 Å². The molecular formula is C9H11NO2S3. The van der Waals surface area contributed by atoms with Crippen LogP contribution in [0.5, 0.6) is 0 Å². The Hall–Kier alpha value is -0.200. The van der Waals surface area contributed by atoms with Gasteiger partial charge in [-0.05, 0) is 0 Å². The number of thiazole rings is 1. The highest BCUT2D eigenvalue weighted by Crippen LogP contribution is 2.37. The van der Waals surface area contributed by atoms with E-state index in [1.165, 1.54) is 11.5 Å². The van der Waals surface area contributed by atoms with Gasteiger partial charge in [-0.1, -0.05) is 0 Å². The van der Waals surface area contributed by atoms with Crippen LogP contribution in [0.3, 0.4) is 0 Å². The SMILES string of the molecule is O=C(O)Cc1csc(C2CSCCS2)n1. The van der Waals surface area contributed by atoms with Gasteiger partial charge in [-0.2, -0.15) is 11.8 Å². The average molecular weight is 261 g/mol. The fraction of sp³-hybridized carbons (Fsp3) is 0.556. The molecule has 1 aliphatic heterocycles. The van der Waals surface area contributed by atoms with Gasteiger partial charge in [0.05, 0.1) is 17.4 Å². The molecule has 0 aliphatic carbocycles. The largest absolute Gasteiger partial charge is 0.481 e. The van der Waals surface area contributed by atoms with Crippen LogP contribution in [0.25, 0.3) is 0 Å². The Kier molecular flexibility index (Phi) is 3.93. The van der Waals surface area contributed by atoms with Gasteiger partial charge < -0.3 is 5.11 Å². The second-order valence-electron chi connectivity index (χ2n) is 3.18. The van der Waals surface area contributed by atoms with Crippen molar-refractivity contribution >= 4 is 40.8 Å². The van der Waals surface area contributed by atoms with Gasteiger partial charge in [0.15, 0.2) is 0 Å². The van der Waals surface area contributed by atoms with E-state index in [9.17, 15) is 4.79 Å². The molecule has 0 spiro atoms. The third kappa shape index (κ3) is 3.12. The van der Waals surface area contributed by atoms with E-state index in [1.807, 2.05) is 28.9 Å². The number of hydrogen-bond donors (Lipinski definition) is 1. The first kappa shape index (κ1) is 11.3. The second kappa shape index (κ2) is 5.23. The summed E-state index contributed by atoms with van der Waals surface area (Å²) in [5.74, 6) is 2.68. The zero-order chi connectivity index (χ0) is 10.7. The first-order valence-corrected chi connectivity index (χ1v) is 7.69. The minimum atomic E-state index is -0.808. The molecule has 82 valence electrons. The van der Waals surface area contributed by atoms with Gasteiger partial charge in [-0.25, -0.2) is 4.98 Å². The lowest BCUT2D eigenvalue weighted by Crippen LogP contribution is -2.07. The summed E-state index contributed by atoms with van der Waals surface area (Å²) in [4.78, 5) is 14.9. The summed E-state index contributed by atoms with van der Waals surface area (Å²) in [6, 6.07) is 0. The molecule has 0 radical (unpaired) electrons. The molecule has 0 aromatic carbocycles. The minimum absolute atomic E-state index is 0.0427. The number of rotatable bonds is 3. The highest BCUT2D eigenvalue weighted by molar-refractivity contribution is 8.06. The van der Waals surface area contributed by atoms with Crippen molar-refractivity contribution in [3.8, 4) is 0 Å². The van der Waals surface area contributed by atoms with Crippen LogP contribution in [0.15, 0.2) is 5.38 Å². The van der Waals surface area contributed by atoms with E-state index < -0.39 is 5.97 Å². The zero-order valence-corrected chi connectivity index (χ0v) is 10.5. The first-order valence-electron chi connectivity index (χ1n) is 4.61. The summed E-state index contributed by atoms with van der Waals surface area (Å²) in [6.07, 6.45) is 0.0427. The molecule has 1 fully saturated rings. The van der Waals surface area contributed by atoms with Gasteiger partial charge in [0.2, 0.25) is 0 Å². The van der Waals surface area contributed by atoms with Crippen LogP contribution in [0.1, 0.15) is 16.0 Å². The summed E-state index contributed by atoms with van der Waals surface area (Å²) < 4.78 is 0. The van der Waals surface area contributed by atoms with Crippen LogP contribution in [-0.4, -0.2) is 33.3 Å². The van der Waals surface area contributed by atoms with Crippen molar-refractivity contribution in [2.24, 2.45) is 0 Å². The summed E-state index contributed by atoms with van der Waals surface area (Å²) in [7, 11) is 0. The van der Waals surface area contributed by atoms with E-state index in [0.29, 0.717) is 10.9 Å². The Morgan fingerprint density at radius 1 is 1.60 bits per heavy atom. The second-order valence-corrected chi connectivity index (χ2v) is 6.53. The van der Waals surface area contributed by atoms with Gasteiger partial charge in [-0.15, -0.1) is 23.1 Å². The van der Waals surface area contributed by atoms with Crippen molar-refractivity contribution in [1.82, 2.24) is 4.98 Å². The number of nitrogens with zero attached hydrogens (tertiary/aromatic N) is 1. The molecule has 0 saturated carbocycles. The summed E-state index contributed by atoms with van der Waals surface area (Å²) >= 11 is 5.47. The molecule has 1 saturated heterocycles. The van der Waals surface area contributed by atoms with Gasteiger partial charge in [0, 0.05) is 22.6 Å². The van der Waals surface area contributed by atoms with Crippen LogP contribution >= 0.6 is 34.9 Å². The molecule has 3 nitrogen and oxygen atoms in total. The average Bonchev–Trinajstić information content (AvgIpc) is 2.67. The van der Waals surface area contributed by atoms with E-state index in [2.05, 4.69) is 4.98 Å². The molecular weight excluding hydrogens is 250 g/mol. The normalized spacial score (nSPS) is 21.5. The smallest absolute Gasteiger partial charge is 0.309 e. The summed E-state index contributed by atoms with van der Waals surface area (Å²) in [6.45, 7) is 0. The lowest BCUT2D eigenvalue weighted by atomic mass is 10.3. The van der Waals surface area contributed by atoms with E-state index in [0.717, 1.165) is 10.8 Å². The molecule has 0 amide bonds. The highest BCUT2D eigenvalue weighted by atomic mass is 32.2. The molecule has 1 aromatic rings. The molecule has 2 rings (SSSR count). The molecule has 1 N–H and O–H groups in total. The van der Waals surface area contributed by atoms with Crippen molar-refractivity contribution < 1.29 is 9.90 Å². The molecule has 1 aromatic heterocycles. The quantitative estimate of drug-likeness (QED) is 0.904. The zero-order valence-electron chi connectivity index (χ0n) is 8.01. The number of carbonyl (C=O) groups is 1. The number of carboxylic acid groups (broad SMARTS) is 1. The number of aliphatic carboxylic acids is 1. The maximum atomic E-state index is 10.5. The van der Waals surface area contributed by atoms with E-state index in [-0.39, 0.29) is 6.42 Å². The molecule has 1 aliphatic rings. The molecule has 0 bridgehead atoms. The van der Waals surface area contributed by atoms with Crippen molar-refractivity contribution in [3.63, 3.8) is 0 Å². The Balaban J connectivity index is 2.02. The predicted octanol–water partition coefficient (Wildman–Crippen LogP) is 2.29. The Morgan fingerprint density at radius 2 is 2.47 bits per heavy atom. The van der Waals surface area contributed by atoms with Gasteiger partial charge >= 0.3 is 5.97 Å². The Bertz CT molecular complexity index is 347. The maximum absolute atomic E-state index is 10.5. The standard InChI is InChI=1S/C9H11NO2S3/c11-8(12)3-6-4-15-9(10-6)7-5-13-1-2-14-7/h4,7H,1-3,5H2,(H,11,12). The number of aromatic nitrogens is 1. The highest BCUT2D eigenvalue weighted by Gasteiger charge is 2.19. The summed E-state index contributed by atoms with van der Waals surface area (Å²) in [5, 5.41) is 12.1. The van der Waals surface area contributed by atoms with E-state index in [1.54, 1.807) is 11.3 Å². The molecule has 2 heterocycles. The van der Waals surface area contributed by atoms with Crippen LogP contribution < -0.4 is 0 Å². The fourth-order valence-electron chi connectivity index (χ4n) is 1.34. The molecule has 1 unspecified atom stereocenters. The maximum Gasteiger partial charge on any atom is 0.309 e. The number of thioether (sulfide) groups is 2. The third-order valence-electron chi connectivity index (χ3n) is 1.99. The van der Waals surface area contributed by atoms with E-state index in [4.69, 9.17) is 5.11 Å². The molecule has 1 atom stereocenters. The monoisotopic (exact) mass is 261 g/mol. The van der Waals surface area contributed by atoms with Crippen molar-refractivity contribution in [2.75, 3.05) is 17.3 Å².